The van der Waals surface area contributed by atoms with Gasteiger partial charge in [-0.15, -0.1) is 0 Å². The molecule has 2 N–H and O–H groups in total. The number of nitrogens with two attached hydrogens (primary N) is 1. The van der Waals surface area contributed by atoms with Crippen molar-refractivity contribution in [1.29, 1.82) is 5.26 Å². The molecule has 1 saturated heterocycles. The highest BCUT2D eigenvalue weighted by atomic mass is 35.5. The lowest BCUT2D eigenvalue weighted by atomic mass is 9.96. The van der Waals surface area contributed by atoms with Crippen molar-refractivity contribution < 1.29 is 18.8 Å². The van der Waals surface area contributed by atoms with E-state index in [2.05, 4.69) is 16.3 Å². The van der Waals surface area contributed by atoms with Gasteiger partial charge in [-0.1, -0.05) is 29.7 Å². The normalized spacial score (nSPS) is 17.6. The Kier molecular flexibility index (Phi) is 7.86. The number of hydrogen-bond acceptors (Lipinski definition) is 7. The summed E-state index contributed by atoms with van der Waals surface area (Å²) in [5.41, 5.74) is 8.31. The number of aromatic nitrogens is 3. The molecule has 1 aliphatic heterocycles. The molecular formula is C25H28ClN5O4. The second-order valence-corrected chi connectivity index (χ2v) is 9.22. The Morgan fingerprint density at radius 3 is 2.89 bits per heavy atom. The minimum Gasteiger partial charge on any atom is -0.364 e. The van der Waals surface area contributed by atoms with Crippen molar-refractivity contribution in [3.63, 3.8) is 0 Å². The molecule has 10 heteroatoms. The van der Waals surface area contributed by atoms with E-state index in [1.165, 1.54) is 0 Å². The Balaban J connectivity index is 1.49. The number of halogens is 1. The predicted octanol–water partition coefficient (Wildman–Crippen LogP) is 4.44. The van der Waals surface area contributed by atoms with Crippen LogP contribution in [0.2, 0.25) is 5.02 Å². The van der Waals surface area contributed by atoms with Gasteiger partial charge in [0.15, 0.2) is 12.0 Å². The Bertz CT molecular complexity index is 1220. The lowest BCUT2D eigenvalue weighted by molar-refractivity contribution is -0.184. The fourth-order valence-corrected chi connectivity index (χ4v) is 4.53. The zero-order chi connectivity index (χ0) is 24.9. The number of ether oxygens (including phenoxy) is 2. The fraction of sp³-hybridized carbons (Fsp3) is 0.440. The highest BCUT2D eigenvalue weighted by Crippen LogP contribution is 2.29. The molecule has 3 aromatic rings. The average Bonchev–Trinajstić information content (AvgIpc) is 3.47. The number of nitrogens with zero attached hydrogens (tertiary/aromatic N) is 4. The number of carbonyl (C=O) groups excluding carboxylic acids is 1. The summed E-state index contributed by atoms with van der Waals surface area (Å²) in [6.07, 6.45) is 4.87. The zero-order valence-corrected chi connectivity index (χ0v) is 20.5. The van der Waals surface area contributed by atoms with E-state index >= 15 is 0 Å². The smallest absolute Gasteiger partial charge is 0.271 e. The van der Waals surface area contributed by atoms with Crippen LogP contribution in [0, 0.1) is 11.3 Å². The average molecular weight is 498 g/mol. The van der Waals surface area contributed by atoms with Crippen LogP contribution in [0.3, 0.4) is 0 Å². The number of carbonyl (C=O) groups is 1. The van der Waals surface area contributed by atoms with E-state index in [0.717, 1.165) is 30.5 Å². The molecule has 2 aromatic heterocycles. The first kappa shape index (κ1) is 24.9. The Morgan fingerprint density at radius 2 is 2.20 bits per heavy atom. The van der Waals surface area contributed by atoms with Crippen molar-refractivity contribution in [2.45, 2.75) is 64.4 Å². The highest BCUT2D eigenvalue weighted by molar-refractivity contribution is 6.32. The number of benzene rings is 1. The molecule has 1 amide bonds. The van der Waals surface area contributed by atoms with Crippen LogP contribution in [0.1, 0.15) is 66.4 Å². The molecule has 0 bridgehead atoms. The summed E-state index contributed by atoms with van der Waals surface area (Å²) >= 11 is 6.17. The summed E-state index contributed by atoms with van der Waals surface area (Å²) in [7, 11) is 0. The Hall–Kier alpha value is -3.19. The van der Waals surface area contributed by atoms with Crippen LogP contribution in [0.25, 0.3) is 11.3 Å². The lowest BCUT2D eigenvalue weighted by Gasteiger charge is -2.26. The van der Waals surface area contributed by atoms with Gasteiger partial charge in [-0.2, -0.15) is 10.4 Å². The summed E-state index contributed by atoms with van der Waals surface area (Å²) in [6, 6.07) is 9.12. The summed E-state index contributed by atoms with van der Waals surface area (Å²) in [5, 5.41) is 18.0. The minimum absolute atomic E-state index is 0.125. The maximum absolute atomic E-state index is 12.1. The van der Waals surface area contributed by atoms with Crippen LogP contribution in [-0.4, -0.2) is 39.8 Å². The van der Waals surface area contributed by atoms with Gasteiger partial charge >= 0.3 is 0 Å². The maximum Gasteiger partial charge on any atom is 0.271 e. The topological polar surface area (TPSA) is 129 Å². The lowest BCUT2D eigenvalue weighted by Crippen LogP contribution is -2.27. The van der Waals surface area contributed by atoms with Gasteiger partial charge in [0.25, 0.3) is 5.91 Å². The summed E-state index contributed by atoms with van der Waals surface area (Å²) in [6.45, 7) is 5.09. The third-order valence-electron chi connectivity index (χ3n) is 6.01. The van der Waals surface area contributed by atoms with Crippen LogP contribution in [0.4, 0.5) is 0 Å². The van der Waals surface area contributed by atoms with Gasteiger partial charge in [-0.3, -0.25) is 9.48 Å². The molecule has 0 saturated carbocycles. The molecule has 0 aliphatic carbocycles. The van der Waals surface area contributed by atoms with Crippen molar-refractivity contribution >= 4 is 17.5 Å². The van der Waals surface area contributed by atoms with Crippen LogP contribution in [0.5, 0.6) is 0 Å². The molecule has 184 valence electrons. The molecule has 4 rings (SSSR count). The van der Waals surface area contributed by atoms with Crippen molar-refractivity contribution in [3.8, 4) is 17.3 Å². The quantitative estimate of drug-likeness (QED) is 0.462. The standard InChI is InChI=1S/C25H28ClN5O4/c1-15(14-31-9-8-20(29-31)17-6-7-18(13-27)19(26)12-17)23-21(35-30-24(23)25(28)32)11-16(2)34-22-5-3-4-10-33-22/h6-9,12,15-16,22H,3-5,10-11,14H2,1-2H3,(H2,28,32)/t15-,16?,22?/m1/s1. The Labute approximate surface area is 208 Å². The third kappa shape index (κ3) is 5.90. The number of nitriles is 1. The number of rotatable bonds is 9. The van der Waals surface area contributed by atoms with Gasteiger partial charge in [0.1, 0.15) is 11.8 Å². The van der Waals surface area contributed by atoms with Gasteiger partial charge in [-0.25, -0.2) is 0 Å². The van der Waals surface area contributed by atoms with Crippen LogP contribution < -0.4 is 5.73 Å². The van der Waals surface area contributed by atoms with Gasteiger partial charge in [-0.05, 0) is 44.4 Å². The van der Waals surface area contributed by atoms with E-state index in [1.54, 1.807) is 22.9 Å². The first-order valence-corrected chi connectivity index (χ1v) is 12.0. The summed E-state index contributed by atoms with van der Waals surface area (Å²) < 4.78 is 19.0. The molecule has 1 aromatic carbocycles. The molecule has 3 heterocycles. The number of hydrogen-bond donors (Lipinski definition) is 1. The van der Waals surface area contributed by atoms with Crippen LogP contribution in [-0.2, 0) is 22.4 Å². The first-order valence-electron chi connectivity index (χ1n) is 11.6. The first-order chi connectivity index (χ1) is 16.9. The van der Waals surface area contributed by atoms with Gasteiger partial charge < -0.3 is 19.7 Å². The molecule has 2 unspecified atom stereocenters. The largest absolute Gasteiger partial charge is 0.364 e. The Morgan fingerprint density at radius 1 is 1.37 bits per heavy atom. The van der Waals surface area contributed by atoms with E-state index in [-0.39, 0.29) is 24.0 Å². The van der Waals surface area contributed by atoms with Gasteiger partial charge in [0, 0.05) is 42.8 Å². The summed E-state index contributed by atoms with van der Waals surface area (Å²) in [4.78, 5) is 12.1. The van der Waals surface area contributed by atoms with Crippen molar-refractivity contribution in [2.24, 2.45) is 5.73 Å². The van der Waals surface area contributed by atoms with E-state index in [9.17, 15) is 4.79 Å². The number of amides is 1. The van der Waals surface area contributed by atoms with Crippen LogP contribution >= 0.6 is 11.6 Å². The molecule has 35 heavy (non-hydrogen) atoms. The summed E-state index contributed by atoms with van der Waals surface area (Å²) in [5.74, 6) is -0.227. The SMILES string of the molecule is CC(Cc1onc(C(N)=O)c1[C@H](C)Cn1ccc(-c2ccc(C#N)c(Cl)c2)n1)OC1CCCCO1. The second-order valence-electron chi connectivity index (χ2n) is 8.81. The van der Waals surface area contributed by atoms with Crippen LogP contribution in [0.15, 0.2) is 35.0 Å². The maximum atomic E-state index is 12.1. The molecule has 1 aliphatic rings. The fourth-order valence-electron chi connectivity index (χ4n) is 4.31. The van der Waals surface area contributed by atoms with E-state index < -0.39 is 5.91 Å². The molecule has 9 nitrogen and oxygen atoms in total. The monoisotopic (exact) mass is 497 g/mol. The minimum atomic E-state index is -0.639. The molecular weight excluding hydrogens is 470 g/mol. The van der Waals surface area contributed by atoms with E-state index in [0.29, 0.717) is 41.5 Å². The number of primary amides is 1. The van der Waals surface area contributed by atoms with Crippen molar-refractivity contribution in [3.05, 3.63) is 58.1 Å². The highest BCUT2D eigenvalue weighted by Gasteiger charge is 2.27. The molecule has 0 spiro atoms. The van der Waals surface area contributed by atoms with E-state index in [4.69, 9.17) is 36.6 Å². The van der Waals surface area contributed by atoms with Gasteiger partial charge in [0.05, 0.1) is 22.4 Å². The van der Waals surface area contributed by atoms with Crippen molar-refractivity contribution in [2.75, 3.05) is 6.61 Å². The zero-order valence-electron chi connectivity index (χ0n) is 19.7. The molecule has 1 fully saturated rings. The third-order valence-corrected chi connectivity index (χ3v) is 6.32. The second kappa shape index (κ2) is 11.0. The molecule has 3 atom stereocenters. The predicted molar refractivity (Wildman–Crippen MR) is 129 cm³/mol. The van der Waals surface area contributed by atoms with E-state index in [1.807, 2.05) is 26.1 Å². The molecule has 0 radical (unpaired) electrons. The van der Waals surface area contributed by atoms with Gasteiger partial charge in [0.2, 0.25) is 0 Å². The van der Waals surface area contributed by atoms with Crippen molar-refractivity contribution in [1.82, 2.24) is 14.9 Å².